The fraction of sp³-hybridized carbons (Fsp3) is 0.353. The molecule has 1 aliphatic rings. The number of allylic oxidation sites excluding steroid dienone is 1. The molecule has 0 radical (unpaired) electrons. The standard InChI is InChI=1S/C17H17N3O2S/c1-3-22-14-8-6-5-7-11(14)15-12(9-18)16(21)20-17(23-4-2)13(15)10-19/h5-8,12,15H,3-4H2,1-2H3,(H,20,21)/t12-,15+/m0/s1. The molecule has 2 rings (SSSR count). The third-order valence-corrected chi connectivity index (χ3v) is 4.41. The first-order valence-electron chi connectivity index (χ1n) is 7.37. The summed E-state index contributed by atoms with van der Waals surface area (Å²) in [6.07, 6.45) is 0. The van der Waals surface area contributed by atoms with Crippen LogP contribution in [0.25, 0.3) is 0 Å². The zero-order valence-corrected chi connectivity index (χ0v) is 13.8. The molecule has 1 heterocycles. The minimum atomic E-state index is -0.951. The molecule has 118 valence electrons. The molecule has 5 nitrogen and oxygen atoms in total. The van der Waals surface area contributed by atoms with Crippen LogP contribution in [0, 0.1) is 28.6 Å². The van der Waals surface area contributed by atoms with E-state index < -0.39 is 11.8 Å². The first-order valence-corrected chi connectivity index (χ1v) is 8.35. The summed E-state index contributed by atoms with van der Waals surface area (Å²) >= 11 is 1.39. The molecule has 0 fully saturated rings. The molecule has 1 aromatic carbocycles. The molecule has 1 aliphatic heterocycles. The highest BCUT2D eigenvalue weighted by Gasteiger charge is 2.40. The SMILES string of the molecule is CCOc1ccccc1[C@H]1C(C#N)=C(SCC)NC(=O)[C@H]1C#N. The molecule has 1 amide bonds. The fourth-order valence-corrected chi connectivity index (χ4v) is 3.38. The molecule has 0 saturated carbocycles. The van der Waals surface area contributed by atoms with Gasteiger partial charge >= 0.3 is 0 Å². The molecule has 0 spiro atoms. The van der Waals surface area contributed by atoms with Crippen LogP contribution in [0.15, 0.2) is 34.9 Å². The van der Waals surface area contributed by atoms with Gasteiger partial charge in [0, 0.05) is 5.56 Å². The Labute approximate surface area is 139 Å². The van der Waals surface area contributed by atoms with Crippen molar-refractivity contribution in [1.29, 1.82) is 10.5 Å². The Morgan fingerprint density at radius 2 is 2.04 bits per heavy atom. The average Bonchev–Trinajstić information content (AvgIpc) is 2.55. The normalized spacial score (nSPS) is 20.4. The third-order valence-electron chi connectivity index (χ3n) is 3.51. The Hall–Kier alpha value is -2.44. The second-order valence-electron chi connectivity index (χ2n) is 4.83. The largest absolute Gasteiger partial charge is 0.494 e. The number of hydrogen-bond donors (Lipinski definition) is 1. The second kappa shape index (κ2) is 7.71. The van der Waals surface area contributed by atoms with E-state index in [0.29, 0.717) is 28.5 Å². The number of ether oxygens (including phenoxy) is 1. The Balaban J connectivity index is 2.63. The van der Waals surface area contributed by atoms with Gasteiger partial charge in [0.15, 0.2) is 0 Å². The first kappa shape index (κ1) is 16.9. The average molecular weight is 327 g/mol. The first-order chi connectivity index (χ1) is 11.2. The minimum Gasteiger partial charge on any atom is -0.494 e. The van der Waals surface area contributed by atoms with Gasteiger partial charge in [0.05, 0.1) is 35.3 Å². The number of hydrogen-bond acceptors (Lipinski definition) is 5. The highest BCUT2D eigenvalue weighted by atomic mass is 32.2. The summed E-state index contributed by atoms with van der Waals surface area (Å²) in [4.78, 5) is 12.3. The lowest BCUT2D eigenvalue weighted by Gasteiger charge is -2.29. The number of benzene rings is 1. The van der Waals surface area contributed by atoms with Crippen molar-refractivity contribution in [2.24, 2.45) is 5.92 Å². The lowest BCUT2D eigenvalue weighted by atomic mass is 9.79. The van der Waals surface area contributed by atoms with E-state index in [1.807, 2.05) is 38.1 Å². The monoisotopic (exact) mass is 327 g/mol. The van der Waals surface area contributed by atoms with Crippen molar-refractivity contribution in [3.63, 3.8) is 0 Å². The van der Waals surface area contributed by atoms with E-state index in [0.717, 1.165) is 5.75 Å². The number of nitrogens with one attached hydrogen (secondary N) is 1. The Bertz CT molecular complexity index is 715. The molecule has 1 N–H and O–H groups in total. The van der Waals surface area contributed by atoms with Gasteiger partial charge in [-0.25, -0.2) is 0 Å². The molecular formula is C17H17N3O2S. The molecule has 0 saturated heterocycles. The van der Waals surface area contributed by atoms with Crippen LogP contribution in [-0.4, -0.2) is 18.3 Å². The van der Waals surface area contributed by atoms with Gasteiger partial charge in [0.1, 0.15) is 11.7 Å². The fourth-order valence-electron chi connectivity index (χ4n) is 2.59. The highest BCUT2D eigenvalue weighted by Crippen LogP contribution is 2.42. The highest BCUT2D eigenvalue weighted by molar-refractivity contribution is 8.03. The van der Waals surface area contributed by atoms with Gasteiger partial charge < -0.3 is 10.1 Å². The number of carbonyl (C=O) groups is 1. The summed E-state index contributed by atoms with van der Waals surface area (Å²) in [7, 11) is 0. The third kappa shape index (κ3) is 3.33. The molecule has 6 heteroatoms. The molecule has 2 atom stereocenters. The van der Waals surface area contributed by atoms with E-state index >= 15 is 0 Å². The van der Waals surface area contributed by atoms with E-state index in [9.17, 15) is 15.3 Å². The Morgan fingerprint density at radius 3 is 2.65 bits per heavy atom. The zero-order chi connectivity index (χ0) is 16.8. The van der Waals surface area contributed by atoms with Crippen molar-refractivity contribution in [1.82, 2.24) is 5.32 Å². The van der Waals surface area contributed by atoms with Gasteiger partial charge in [-0.1, -0.05) is 25.1 Å². The summed E-state index contributed by atoms with van der Waals surface area (Å²) in [5.74, 6) is -0.622. The number of carbonyl (C=O) groups excluding carboxylic acids is 1. The van der Waals surface area contributed by atoms with E-state index in [1.54, 1.807) is 6.07 Å². The lowest BCUT2D eigenvalue weighted by Crippen LogP contribution is -2.39. The number of thioether (sulfide) groups is 1. The minimum absolute atomic E-state index is 0.376. The van der Waals surface area contributed by atoms with Crippen LogP contribution >= 0.6 is 11.8 Å². The van der Waals surface area contributed by atoms with E-state index in [2.05, 4.69) is 11.4 Å². The molecule has 0 aliphatic carbocycles. The summed E-state index contributed by atoms with van der Waals surface area (Å²) in [5.41, 5.74) is 1.11. The molecule has 0 aromatic heterocycles. The Kier molecular flexibility index (Phi) is 5.67. The second-order valence-corrected chi connectivity index (χ2v) is 6.11. The maximum Gasteiger partial charge on any atom is 0.243 e. The van der Waals surface area contributed by atoms with Crippen LogP contribution in [0.3, 0.4) is 0 Å². The number of nitriles is 2. The number of rotatable bonds is 5. The zero-order valence-electron chi connectivity index (χ0n) is 13.0. The summed E-state index contributed by atoms with van der Waals surface area (Å²) in [5, 5.41) is 22.3. The van der Waals surface area contributed by atoms with Crippen molar-refractivity contribution in [2.75, 3.05) is 12.4 Å². The Morgan fingerprint density at radius 1 is 1.30 bits per heavy atom. The van der Waals surface area contributed by atoms with Gasteiger partial charge in [-0.05, 0) is 18.7 Å². The van der Waals surface area contributed by atoms with Crippen molar-refractivity contribution < 1.29 is 9.53 Å². The van der Waals surface area contributed by atoms with Crippen molar-refractivity contribution in [2.45, 2.75) is 19.8 Å². The van der Waals surface area contributed by atoms with Crippen LogP contribution in [0.1, 0.15) is 25.3 Å². The van der Waals surface area contributed by atoms with Gasteiger partial charge in [0.2, 0.25) is 5.91 Å². The van der Waals surface area contributed by atoms with Gasteiger partial charge in [0.25, 0.3) is 0 Å². The summed E-state index contributed by atoms with van der Waals surface area (Å²) in [6.45, 7) is 4.28. The van der Waals surface area contributed by atoms with Gasteiger partial charge in [-0.2, -0.15) is 10.5 Å². The van der Waals surface area contributed by atoms with Gasteiger partial charge in [-0.3, -0.25) is 4.79 Å². The molecular weight excluding hydrogens is 310 g/mol. The number of nitrogens with zero attached hydrogens (tertiary/aromatic N) is 2. The predicted octanol–water partition coefficient (Wildman–Crippen LogP) is 2.93. The smallest absolute Gasteiger partial charge is 0.243 e. The van der Waals surface area contributed by atoms with Crippen LogP contribution in [0.5, 0.6) is 5.75 Å². The van der Waals surface area contributed by atoms with Crippen LogP contribution < -0.4 is 10.1 Å². The molecule has 0 unspecified atom stereocenters. The molecule has 0 bridgehead atoms. The van der Waals surface area contributed by atoms with Crippen molar-refractivity contribution >= 4 is 17.7 Å². The molecule has 23 heavy (non-hydrogen) atoms. The molecule has 1 aromatic rings. The maximum atomic E-state index is 12.3. The van der Waals surface area contributed by atoms with Crippen molar-refractivity contribution in [3.05, 3.63) is 40.4 Å². The number of amides is 1. The predicted molar refractivity (Wildman–Crippen MR) is 88.4 cm³/mol. The van der Waals surface area contributed by atoms with Crippen LogP contribution in [-0.2, 0) is 4.79 Å². The van der Waals surface area contributed by atoms with E-state index in [-0.39, 0.29) is 5.91 Å². The summed E-state index contributed by atoms with van der Waals surface area (Å²) in [6, 6.07) is 11.5. The number of para-hydroxylation sites is 1. The maximum absolute atomic E-state index is 12.3. The van der Waals surface area contributed by atoms with Crippen LogP contribution in [0.4, 0.5) is 0 Å². The topological polar surface area (TPSA) is 85.9 Å². The lowest BCUT2D eigenvalue weighted by molar-refractivity contribution is -0.123. The quantitative estimate of drug-likeness (QED) is 0.898. The van der Waals surface area contributed by atoms with Crippen LogP contribution in [0.2, 0.25) is 0 Å². The van der Waals surface area contributed by atoms with E-state index in [4.69, 9.17) is 4.74 Å². The van der Waals surface area contributed by atoms with Crippen molar-refractivity contribution in [3.8, 4) is 17.9 Å². The van der Waals surface area contributed by atoms with E-state index in [1.165, 1.54) is 11.8 Å². The summed E-state index contributed by atoms with van der Waals surface area (Å²) < 4.78 is 5.63. The van der Waals surface area contributed by atoms with Gasteiger partial charge in [-0.15, -0.1) is 11.8 Å².